The molecular weight excluding hydrogens is 587 g/mol. The highest BCUT2D eigenvalue weighted by molar-refractivity contribution is 14.1. The van der Waals surface area contributed by atoms with E-state index < -0.39 is 53.3 Å². The van der Waals surface area contributed by atoms with Crippen LogP contribution in [0.3, 0.4) is 0 Å². The van der Waals surface area contributed by atoms with E-state index in [0.29, 0.717) is 12.8 Å². The first kappa shape index (κ1) is 31.6. The predicted molar refractivity (Wildman–Crippen MR) is 120 cm³/mol. The van der Waals surface area contributed by atoms with Crippen LogP contribution < -0.4 is 0 Å². The molecule has 0 amide bonds. The standard InChI is InChI=1S/C21H34F6INO5/c1-17(2)8-12(9-18(3,4)29(17)7)32-10-13(11-33-16(31)19(5,6)28)34-15(30)14(20(22,23)24)21(25,26)27/h12-15,30H,8-11H2,1-7H3. The molecule has 1 rings (SSSR count). The minimum Gasteiger partial charge on any atom is -0.462 e. The molecule has 1 N–H and O–H groups in total. The summed E-state index contributed by atoms with van der Waals surface area (Å²) in [6, 6.07) is 0. The number of hydrogen-bond acceptors (Lipinski definition) is 6. The SMILES string of the molecule is CN1C(C)(C)CC(OCC(COC(=O)C(C)(C)I)OC(O)C(C(F)(F)F)C(F)(F)F)CC1(C)C. The highest BCUT2D eigenvalue weighted by Gasteiger charge is 2.61. The normalized spacial score (nSPS) is 22.0. The summed E-state index contributed by atoms with van der Waals surface area (Å²) in [6.07, 6.45) is -15.7. The second-order valence-corrected chi connectivity index (χ2v) is 13.0. The molecular formula is C21H34F6INO5. The fourth-order valence-electron chi connectivity index (χ4n) is 3.89. The summed E-state index contributed by atoms with van der Waals surface area (Å²) in [4.78, 5) is 14.2. The van der Waals surface area contributed by atoms with Gasteiger partial charge in [-0.15, -0.1) is 0 Å². The van der Waals surface area contributed by atoms with Crippen molar-refractivity contribution in [3.05, 3.63) is 0 Å². The largest absolute Gasteiger partial charge is 0.462 e. The van der Waals surface area contributed by atoms with Crippen LogP contribution in [0.2, 0.25) is 0 Å². The maximum Gasteiger partial charge on any atom is 0.405 e. The fourth-order valence-corrected chi connectivity index (χ4v) is 4.05. The van der Waals surface area contributed by atoms with Crippen LogP contribution in [0.25, 0.3) is 0 Å². The van der Waals surface area contributed by atoms with Gasteiger partial charge < -0.3 is 19.3 Å². The van der Waals surface area contributed by atoms with Gasteiger partial charge in [-0.05, 0) is 61.4 Å². The number of ether oxygens (including phenoxy) is 3. The molecule has 13 heteroatoms. The van der Waals surface area contributed by atoms with Crippen molar-refractivity contribution in [3.63, 3.8) is 0 Å². The predicted octanol–water partition coefficient (Wildman–Crippen LogP) is 4.86. The van der Waals surface area contributed by atoms with E-state index in [0.717, 1.165) is 0 Å². The summed E-state index contributed by atoms with van der Waals surface area (Å²) < 4.78 is 92.5. The summed E-state index contributed by atoms with van der Waals surface area (Å²) >= 11 is 1.77. The third kappa shape index (κ3) is 8.93. The van der Waals surface area contributed by atoms with Gasteiger partial charge in [-0.25, -0.2) is 0 Å². The zero-order valence-corrected chi connectivity index (χ0v) is 22.5. The number of carbonyl (C=O) groups is 1. The molecule has 2 unspecified atom stereocenters. The number of hydrogen-bond donors (Lipinski definition) is 1. The molecule has 34 heavy (non-hydrogen) atoms. The first-order valence-electron chi connectivity index (χ1n) is 10.7. The lowest BCUT2D eigenvalue weighted by Gasteiger charge is -2.53. The van der Waals surface area contributed by atoms with E-state index >= 15 is 0 Å². The first-order chi connectivity index (χ1) is 15.0. The van der Waals surface area contributed by atoms with Crippen LogP contribution >= 0.6 is 22.6 Å². The number of nitrogens with zero attached hydrogens (tertiary/aromatic N) is 1. The van der Waals surface area contributed by atoms with E-state index in [-0.39, 0.29) is 17.2 Å². The molecule has 1 saturated heterocycles. The molecule has 202 valence electrons. The molecule has 1 aliphatic rings. The van der Waals surface area contributed by atoms with E-state index in [1.807, 2.05) is 34.7 Å². The summed E-state index contributed by atoms with van der Waals surface area (Å²) in [5, 5.41) is 9.75. The molecule has 0 aliphatic carbocycles. The minimum atomic E-state index is -5.80. The highest BCUT2D eigenvalue weighted by Crippen LogP contribution is 2.42. The Morgan fingerprint density at radius 3 is 1.85 bits per heavy atom. The average Bonchev–Trinajstić information content (AvgIpc) is 2.57. The van der Waals surface area contributed by atoms with Crippen molar-refractivity contribution in [3.8, 4) is 0 Å². The molecule has 2 atom stereocenters. The van der Waals surface area contributed by atoms with Crippen molar-refractivity contribution in [2.45, 2.75) is 99.7 Å². The minimum absolute atomic E-state index is 0.294. The van der Waals surface area contributed by atoms with Crippen molar-refractivity contribution in [2.75, 3.05) is 20.3 Å². The van der Waals surface area contributed by atoms with Crippen molar-refractivity contribution >= 4 is 28.6 Å². The zero-order valence-electron chi connectivity index (χ0n) is 20.3. The van der Waals surface area contributed by atoms with Crippen molar-refractivity contribution < 1.29 is 50.5 Å². The van der Waals surface area contributed by atoms with Crippen LogP contribution in [0.4, 0.5) is 26.3 Å². The molecule has 1 heterocycles. The van der Waals surface area contributed by atoms with Gasteiger partial charge in [-0.1, -0.05) is 22.6 Å². The second-order valence-electron chi connectivity index (χ2n) is 10.3. The van der Waals surface area contributed by atoms with Gasteiger partial charge in [0.15, 0.2) is 6.29 Å². The molecule has 0 aromatic heterocycles. The van der Waals surface area contributed by atoms with Crippen LogP contribution in [0, 0.1) is 5.92 Å². The van der Waals surface area contributed by atoms with Crippen LogP contribution in [0.15, 0.2) is 0 Å². The van der Waals surface area contributed by atoms with E-state index in [2.05, 4.69) is 4.90 Å². The number of alkyl halides is 7. The van der Waals surface area contributed by atoms with Gasteiger partial charge in [0.25, 0.3) is 0 Å². The first-order valence-corrected chi connectivity index (χ1v) is 11.7. The lowest BCUT2D eigenvalue weighted by Crippen LogP contribution is -2.60. The quantitative estimate of drug-likeness (QED) is 0.131. The topological polar surface area (TPSA) is 68.2 Å². The Balaban J connectivity index is 3.01. The third-order valence-corrected chi connectivity index (χ3v) is 6.44. The maximum atomic E-state index is 13.0. The van der Waals surface area contributed by atoms with Crippen molar-refractivity contribution in [2.24, 2.45) is 5.92 Å². The monoisotopic (exact) mass is 621 g/mol. The molecule has 0 aromatic rings. The Hall–Kier alpha value is -0.380. The Morgan fingerprint density at radius 1 is 1.03 bits per heavy atom. The summed E-state index contributed by atoms with van der Waals surface area (Å²) in [6.45, 7) is 9.82. The van der Waals surface area contributed by atoms with Crippen LogP contribution in [-0.2, 0) is 19.0 Å². The van der Waals surface area contributed by atoms with Gasteiger partial charge in [-0.3, -0.25) is 9.69 Å². The zero-order chi connectivity index (χ0) is 26.9. The smallest absolute Gasteiger partial charge is 0.405 e. The number of halogens is 7. The Labute approximate surface area is 209 Å². The molecule has 0 spiro atoms. The number of rotatable bonds is 9. The molecule has 1 fully saturated rings. The maximum absolute atomic E-state index is 13.0. The number of esters is 1. The molecule has 0 bridgehead atoms. The van der Waals surface area contributed by atoms with E-state index in [1.54, 1.807) is 22.6 Å². The third-order valence-electron chi connectivity index (χ3n) is 6.00. The van der Waals surface area contributed by atoms with Gasteiger partial charge in [0.2, 0.25) is 5.92 Å². The van der Waals surface area contributed by atoms with Gasteiger partial charge in [-0.2, -0.15) is 26.3 Å². The lowest BCUT2D eigenvalue weighted by atomic mass is 9.79. The fraction of sp³-hybridized carbons (Fsp3) is 0.952. The highest BCUT2D eigenvalue weighted by atomic mass is 127. The van der Waals surface area contributed by atoms with E-state index in [9.17, 15) is 36.2 Å². The Kier molecular flexibility index (Phi) is 10.2. The average molecular weight is 621 g/mol. The van der Waals surface area contributed by atoms with Gasteiger partial charge in [0.05, 0.1) is 12.7 Å². The van der Waals surface area contributed by atoms with E-state index in [1.165, 1.54) is 13.8 Å². The number of carbonyl (C=O) groups excluding carboxylic acids is 1. The molecule has 0 radical (unpaired) electrons. The van der Waals surface area contributed by atoms with E-state index in [4.69, 9.17) is 14.2 Å². The van der Waals surface area contributed by atoms with Crippen LogP contribution in [0.5, 0.6) is 0 Å². The number of aliphatic hydroxyl groups excluding tert-OH is 1. The number of aliphatic hydroxyl groups is 1. The van der Waals surface area contributed by atoms with Gasteiger partial charge in [0, 0.05) is 11.1 Å². The molecule has 1 aliphatic heterocycles. The summed E-state index contributed by atoms with van der Waals surface area (Å²) in [5.74, 6) is -4.87. The Morgan fingerprint density at radius 2 is 1.47 bits per heavy atom. The number of likely N-dealkylation sites (tertiary alicyclic amines) is 1. The Bertz CT molecular complexity index is 661. The molecule has 0 saturated carbocycles. The second kappa shape index (κ2) is 10.9. The van der Waals surface area contributed by atoms with Crippen LogP contribution in [-0.4, -0.2) is 81.6 Å². The number of piperidine rings is 1. The molecule has 6 nitrogen and oxygen atoms in total. The molecule has 0 aromatic carbocycles. The van der Waals surface area contributed by atoms with Gasteiger partial charge >= 0.3 is 18.3 Å². The lowest BCUT2D eigenvalue weighted by molar-refractivity contribution is -0.348. The van der Waals surface area contributed by atoms with Crippen molar-refractivity contribution in [1.82, 2.24) is 4.90 Å². The van der Waals surface area contributed by atoms with Crippen molar-refractivity contribution in [1.29, 1.82) is 0 Å². The van der Waals surface area contributed by atoms with Gasteiger partial charge in [0.1, 0.15) is 16.1 Å². The summed E-state index contributed by atoms with van der Waals surface area (Å²) in [5.41, 5.74) is -0.588. The summed E-state index contributed by atoms with van der Waals surface area (Å²) in [7, 11) is 1.96. The van der Waals surface area contributed by atoms with Crippen LogP contribution in [0.1, 0.15) is 54.4 Å².